The van der Waals surface area contributed by atoms with Crippen molar-refractivity contribution in [1.29, 1.82) is 0 Å². The Hall–Kier alpha value is -1.13. The van der Waals surface area contributed by atoms with Crippen LogP contribution in [0.4, 0.5) is 5.82 Å². The highest BCUT2D eigenvalue weighted by Crippen LogP contribution is 2.25. The summed E-state index contributed by atoms with van der Waals surface area (Å²) in [4.78, 5) is 4.27. The predicted molar refractivity (Wildman–Crippen MR) is 64.4 cm³/mol. The lowest BCUT2D eigenvalue weighted by Crippen LogP contribution is -2.29. The van der Waals surface area contributed by atoms with Gasteiger partial charge in [0.1, 0.15) is 5.82 Å². The summed E-state index contributed by atoms with van der Waals surface area (Å²) in [5, 5.41) is 15.9. The lowest BCUT2D eigenvalue weighted by molar-refractivity contribution is 0.0944. The molecule has 0 saturated carbocycles. The summed E-state index contributed by atoms with van der Waals surface area (Å²) in [7, 11) is 0. The van der Waals surface area contributed by atoms with Gasteiger partial charge in [-0.15, -0.1) is 11.3 Å². The normalized spacial score (nSPS) is 11.9. The van der Waals surface area contributed by atoms with Gasteiger partial charge in [0.25, 0.3) is 0 Å². The van der Waals surface area contributed by atoms with E-state index in [0.29, 0.717) is 6.54 Å². The monoisotopic (exact) mass is 222 g/mol. The minimum atomic E-state index is -0.722. The van der Waals surface area contributed by atoms with E-state index in [2.05, 4.69) is 10.3 Å². The number of fused-ring (bicyclic) bond motifs is 1. The van der Waals surface area contributed by atoms with Gasteiger partial charge in [-0.25, -0.2) is 4.98 Å². The first-order chi connectivity index (χ1) is 7.06. The first kappa shape index (κ1) is 10.4. The molecule has 4 heteroatoms. The van der Waals surface area contributed by atoms with Gasteiger partial charge in [0.15, 0.2) is 0 Å². The molecule has 0 amide bonds. The molecule has 15 heavy (non-hydrogen) atoms. The summed E-state index contributed by atoms with van der Waals surface area (Å²) in [6.07, 6.45) is 1.78. The van der Waals surface area contributed by atoms with Gasteiger partial charge in [-0.1, -0.05) is 0 Å². The number of anilines is 1. The largest absolute Gasteiger partial charge is 0.389 e. The Morgan fingerprint density at radius 3 is 3.00 bits per heavy atom. The maximum absolute atomic E-state index is 9.61. The maximum atomic E-state index is 9.61. The Morgan fingerprint density at radius 1 is 1.47 bits per heavy atom. The van der Waals surface area contributed by atoms with Crippen LogP contribution in [0, 0.1) is 0 Å². The van der Waals surface area contributed by atoms with E-state index in [9.17, 15) is 5.11 Å². The van der Waals surface area contributed by atoms with E-state index in [-0.39, 0.29) is 0 Å². The van der Waals surface area contributed by atoms with Crippen molar-refractivity contribution in [3.63, 3.8) is 0 Å². The predicted octanol–water partition coefficient (Wildman–Crippen LogP) is 2.48. The number of aromatic nitrogens is 1. The summed E-state index contributed by atoms with van der Waals surface area (Å²) in [6, 6.07) is 4.04. The third kappa shape index (κ3) is 2.46. The van der Waals surface area contributed by atoms with E-state index in [1.165, 1.54) is 4.70 Å². The summed E-state index contributed by atoms with van der Waals surface area (Å²) in [5.41, 5.74) is -0.722. The van der Waals surface area contributed by atoms with Crippen LogP contribution in [0.2, 0.25) is 0 Å². The number of aliphatic hydroxyl groups is 1. The van der Waals surface area contributed by atoms with Crippen LogP contribution in [-0.4, -0.2) is 22.2 Å². The molecule has 0 aliphatic rings. The fraction of sp³-hybridized carbons (Fsp3) is 0.364. The second-order valence-electron chi connectivity index (χ2n) is 4.16. The molecule has 2 heterocycles. The number of nitrogens with zero attached hydrogens (tertiary/aromatic N) is 1. The van der Waals surface area contributed by atoms with Crippen LogP contribution >= 0.6 is 11.3 Å². The van der Waals surface area contributed by atoms with Crippen molar-refractivity contribution in [1.82, 2.24) is 4.98 Å². The molecule has 0 fully saturated rings. The van der Waals surface area contributed by atoms with E-state index in [4.69, 9.17) is 0 Å². The van der Waals surface area contributed by atoms with E-state index in [1.54, 1.807) is 31.4 Å². The number of thiophene rings is 1. The molecule has 2 aromatic heterocycles. The van der Waals surface area contributed by atoms with Crippen LogP contribution in [0.15, 0.2) is 23.7 Å². The molecule has 2 rings (SSSR count). The van der Waals surface area contributed by atoms with Crippen molar-refractivity contribution in [2.24, 2.45) is 0 Å². The summed E-state index contributed by atoms with van der Waals surface area (Å²) < 4.78 is 1.21. The highest BCUT2D eigenvalue weighted by Gasteiger charge is 2.13. The Bertz CT molecular complexity index is 459. The topological polar surface area (TPSA) is 45.1 Å². The molecule has 3 nitrogen and oxygen atoms in total. The molecule has 0 bridgehead atoms. The Morgan fingerprint density at radius 2 is 2.27 bits per heavy atom. The standard InChI is InChI=1S/C11H14N2OS/c1-11(2,14)7-13-10-8-4-6-15-9(8)3-5-12-10/h3-6,14H,7H2,1-2H3,(H,12,13). The lowest BCUT2D eigenvalue weighted by atomic mass is 10.1. The molecule has 0 aliphatic carbocycles. The van der Waals surface area contributed by atoms with Gasteiger partial charge < -0.3 is 10.4 Å². The van der Waals surface area contributed by atoms with Gasteiger partial charge in [-0.3, -0.25) is 0 Å². The Balaban J connectivity index is 2.24. The van der Waals surface area contributed by atoms with Crippen LogP contribution in [0.3, 0.4) is 0 Å². The van der Waals surface area contributed by atoms with Crippen molar-refractivity contribution >= 4 is 27.2 Å². The first-order valence-corrected chi connectivity index (χ1v) is 5.73. The van der Waals surface area contributed by atoms with E-state index >= 15 is 0 Å². The molecule has 2 aromatic rings. The smallest absolute Gasteiger partial charge is 0.134 e. The minimum absolute atomic E-state index is 0.495. The number of pyridine rings is 1. The molecule has 2 N–H and O–H groups in total. The SMILES string of the molecule is CC(C)(O)CNc1nccc2sccc12. The van der Waals surface area contributed by atoms with E-state index in [1.807, 2.05) is 17.5 Å². The highest BCUT2D eigenvalue weighted by molar-refractivity contribution is 7.17. The third-order valence-electron chi connectivity index (χ3n) is 2.07. The quantitative estimate of drug-likeness (QED) is 0.838. The lowest BCUT2D eigenvalue weighted by Gasteiger charge is -2.18. The molecule has 0 aliphatic heterocycles. The number of hydrogen-bond donors (Lipinski definition) is 2. The zero-order valence-corrected chi connectivity index (χ0v) is 9.64. The molecule has 0 saturated heterocycles. The second kappa shape index (κ2) is 3.79. The summed E-state index contributed by atoms with van der Waals surface area (Å²) >= 11 is 1.69. The van der Waals surface area contributed by atoms with Crippen LogP contribution in [-0.2, 0) is 0 Å². The zero-order chi connectivity index (χ0) is 10.9. The molecule has 0 atom stereocenters. The molecule has 0 radical (unpaired) electrons. The van der Waals surface area contributed by atoms with E-state index in [0.717, 1.165) is 11.2 Å². The van der Waals surface area contributed by atoms with Crippen molar-refractivity contribution < 1.29 is 5.11 Å². The fourth-order valence-corrected chi connectivity index (χ4v) is 2.12. The van der Waals surface area contributed by atoms with Gasteiger partial charge in [-0.05, 0) is 31.4 Å². The van der Waals surface area contributed by atoms with Gasteiger partial charge in [-0.2, -0.15) is 0 Å². The first-order valence-electron chi connectivity index (χ1n) is 4.85. The Kier molecular flexibility index (Phi) is 2.63. The number of rotatable bonds is 3. The van der Waals surface area contributed by atoms with Gasteiger partial charge in [0.05, 0.1) is 5.60 Å². The molecule has 0 aromatic carbocycles. The van der Waals surface area contributed by atoms with Gasteiger partial charge in [0, 0.05) is 22.8 Å². The maximum Gasteiger partial charge on any atom is 0.134 e. The van der Waals surface area contributed by atoms with Crippen molar-refractivity contribution in [3.05, 3.63) is 23.7 Å². The van der Waals surface area contributed by atoms with Crippen LogP contribution in [0.25, 0.3) is 10.1 Å². The molecular weight excluding hydrogens is 208 g/mol. The minimum Gasteiger partial charge on any atom is -0.389 e. The number of nitrogens with one attached hydrogen (secondary N) is 1. The third-order valence-corrected chi connectivity index (χ3v) is 2.95. The van der Waals surface area contributed by atoms with Crippen LogP contribution in [0.1, 0.15) is 13.8 Å². The molecule has 80 valence electrons. The summed E-state index contributed by atoms with van der Waals surface area (Å²) in [5.74, 6) is 0.843. The van der Waals surface area contributed by atoms with Crippen LogP contribution < -0.4 is 5.32 Å². The molecule has 0 spiro atoms. The Labute approximate surface area is 92.8 Å². The average molecular weight is 222 g/mol. The van der Waals surface area contributed by atoms with Gasteiger partial charge in [0.2, 0.25) is 0 Å². The highest BCUT2D eigenvalue weighted by atomic mass is 32.1. The second-order valence-corrected chi connectivity index (χ2v) is 5.11. The van der Waals surface area contributed by atoms with Crippen molar-refractivity contribution in [2.45, 2.75) is 19.4 Å². The van der Waals surface area contributed by atoms with Crippen molar-refractivity contribution in [3.8, 4) is 0 Å². The van der Waals surface area contributed by atoms with E-state index < -0.39 is 5.60 Å². The molecule has 0 unspecified atom stereocenters. The fourth-order valence-electron chi connectivity index (χ4n) is 1.34. The van der Waals surface area contributed by atoms with Crippen LogP contribution in [0.5, 0.6) is 0 Å². The number of hydrogen-bond acceptors (Lipinski definition) is 4. The molecular formula is C11H14N2OS. The van der Waals surface area contributed by atoms with Crippen molar-refractivity contribution in [2.75, 3.05) is 11.9 Å². The summed E-state index contributed by atoms with van der Waals surface area (Å²) in [6.45, 7) is 4.04. The van der Waals surface area contributed by atoms with Gasteiger partial charge >= 0.3 is 0 Å². The average Bonchev–Trinajstić information content (AvgIpc) is 2.61. The zero-order valence-electron chi connectivity index (χ0n) is 8.82.